The smallest absolute Gasteiger partial charge is 0.247 e. The second kappa shape index (κ2) is 8.32. The van der Waals surface area contributed by atoms with Gasteiger partial charge in [-0.1, -0.05) is 58.6 Å². The van der Waals surface area contributed by atoms with Crippen LogP contribution in [0.2, 0.25) is 0 Å². The molecule has 0 radical (unpaired) electrons. The van der Waals surface area contributed by atoms with E-state index in [2.05, 4.69) is 121 Å². The van der Waals surface area contributed by atoms with E-state index in [1.54, 1.807) is 0 Å². The van der Waals surface area contributed by atoms with E-state index < -0.39 is 0 Å². The van der Waals surface area contributed by atoms with E-state index in [9.17, 15) is 0 Å². The molecule has 2 aliphatic heterocycles. The van der Waals surface area contributed by atoms with Crippen LogP contribution in [0.25, 0.3) is 0 Å². The van der Waals surface area contributed by atoms with Gasteiger partial charge in [0.05, 0.1) is 46.5 Å². The van der Waals surface area contributed by atoms with Crippen molar-refractivity contribution in [2.75, 3.05) is 9.80 Å². The molecule has 0 N–H and O–H groups in total. The first-order chi connectivity index (χ1) is 18.4. The van der Waals surface area contributed by atoms with Crippen molar-refractivity contribution in [3.8, 4) is 0 Å². The fraction of sp³-hybridized carbons (Fsp3) is 0.152. The van der Waals surface area contributed by atoms with Gasteiger partial charge in [0, 0.05) is 11.4 Å². The summed E-state index contributed by atoms with van der Waals surface area (Å²) in [6.07, 6.45) is 4.05. The van der Waals surface area contributed by atoms with Gasteiger partial charge in [-0.3, -0.25) is 9.97 Å². The lowest BCUT2D eigenvalue weighted by Gasteiger charge is -2.45. The van der Waals surface area contributed by atoms with Crippen LogP contribution in [0.15, 0.2) is 85.2 Å². The van der Waals surface area contributed by atoms with Gasteiger partial charge in [0.25, 0.3) is 0 Å². The summed E-state index contributed by atoms with van der Waals surface area (Å²) in [5, 5.41) is 0. The van der Waals surface area contributed by atoms with Gasteiger partial charge in [-0.25, -0.2) is 0 Å². The molecule has 2 aliphatic rings. The van der Waals surface area contributed by atoms with Crippen LogP contribution < -0.4 is 26.2 Å². The molecule has 0 fully saturated rings. The maximum Gasteiger partial charge on any atom is 0.247 e. The lowest BCUT2D eigenvalue weighted by atomic mass is 9.33. The molecule has 5 aromatic rings. The molecule has 0 amide bonds. The number of aromatic nitrogens is 2. The van der Waals surface area contributed by atoms with Crippen LogP contribution >= 0.6 is 0 Å². The molecule has 4 nitrogen and oxygen atoms in total. The number of anilines is 6. The Morgan fingerprint density at radius 1 is 0.579 bits per heavy atom. The largest absolute Gasteiger partial charge is 0.306 e. The topological polar surface area (TPSA) is 32.3 Å². The Morgan fingerprint density at radius 3 is 1.97 bits per heavy atom. The van der Waals surface area contributed by atoms with Crippen molar-refractivity contribution in [2.24, 2.45) is 0 Å². The van der Waals surface area contributed by atoms with Crippen LogP contribution in [0, 0.1) is 34.6 Å². The Labute approximate surface area is 224 Å². The highest BCUT2D eigenvalue weighted by Gasteiger charge is 2.42. The van der Waals surface area contributed by atoms with Crippen molar-refractivity contribution in [2.45, 2.75) is 34.6 Å². The Bertz CT molecular complexity index is 1720. The minimum atomic E-state index is 0.113. The van der Waals surface area contributed by atoms with Crippen LogP contribution in [0.5, 0.6) is 0 Å². The third-order valence-corrected chi connectivity index (χ3v) is 7.97. The molecule has 0 saturated carbocycles. The van der Waals surface area contributed by atoms with E-state index in [0.717, 1.165) is 39.8 Å². The summed E-state index contributed by atoms with van der Waals surface area (Å²) in [6, 6.07) is 26.6. The van der Waals surface area contributed by atoms with Crippen molar-refractivity contribution in [1.82, 2.24) is 9.97 Å². The summed E-state index contributed by atoms with van der Waals surface area (Å²) in [5.41, 5.74) is 16.9. The number of hydrogen-bond donors (Lipinski definition) is 0. The highest BCUT2D eigenvalue weighted by Crippen LogP contribution is 2.54. The van der Waals surface area contributed by atoms with E-state index in [0.29, 0.717) is 0 Å². The number of benzene rings is 3. The number of fused-ring (bicyclic) bond motifs is 4. The minimum absolute atomic E-state index is 0.113. The maximum absolute atomic E-state index is 4.80. The summed E-state index contributed by atoms with van der Waals surface area (Å²) in [7, 11) is 0. The quantitative estimate of drug-likeness (QED) is 0.273. The molecule has 3 aromatic carbocycles. The van der Waals surface area contributed by atoms with Crippen molar-refractivity contribution in [1.29, 1.82) is 0 Å². The number of nitrogens with zero attached hydrogens (tertiary/aromatic N) is 4. The van der Waals surface area contributed by atoms with Gasteiger partial charge in [-0.15, -0.1) is 0 Å². The highest BCUT2D eigenvalue weighted by atomic mass is 15.3. The third-order valence-electron chi connectivity index (χ3n) is 7.97. The van der Waals surface area contributed by atoms with Crippen LogP contribution in [0.4, 0.5) is 34.1 Å². The van der Waals surface area contributed by atoms with Crippen molar-refractivity contribution >= 4 is 57.2 Å². The van der Waals surface area contributed by atoms with Gasteiger partial charge in [-0.05, 0) is 81.9 Å². The number of para-hydroxylation sites is 3. The predicted molar refractivity (Wildman–Crippen MR) is 160 cm³/mol. The molecule has 0 bridgehead atoms. The van der Waals surface area contributed by atoms with Crippen LogP contribution in [0.3, 0.4) is 0 Å². The summed E-state index contributed by atoms with van der Waals surface area (Å²) in [4.78, 5) is 14.2. The van der Waals surface area contributed by atoms with E-state index in [1.807, 2.05) is 13.1 Å². The molecule has 7 rings (SSSR count). The SMILES string of the molecule is Cc1cc(C)c(B2c3cc(C)ncc3N3c4ccccc4N(c4ccc(C)nc4)c4cccc2c43)c(C)c1. The van der Waals surface area contributed by atoms with E-state index in [-0.39, 0.29) is 6.71 Å². The molecule has 0 spiro atoms. The predicted octanol–water partition coefficient (Wildman–Crippen LogP) is 6.10. The first kappa shape index (κ1) is 22.8. The van der Waals surface area contributed by atoms with E-state index in [4.69, 9.17) is 4.98 Å². The molecule has 2 aromatic heterocycles. The van der Waals surface area contributed by atoms with Gasteiger partial charge in [0.15, 0.2) is 0 Å². The van der Waals surface area contributed by atoms with Crippen LogP contribution in [0.1, 0.15) is 28.1 Å². The Morgan fingerprint density at radius 2 is 1.26 bits per heavy atom. The number of hydrogen-bond acceptors (Lipinski definition) is 4. The van der Waals surface area contributed by atoms with Gasteiger partial charge in [0.2, 0.25) is 6.71 Å². The number of aryl methyl sites for hydroxylation is 5. The highest BCUT2D eigenvalue weighted by molar-refractivity contribution is 6.98. The molecule has 4 heterocycles. The summed E-state index contributed by atoms with van der Waals surface area (Å²) < 4.78 is 0. The Kier molecular flexibility index (Phi) is 4.99. The second-order valence-electron chi connectivity index (χ2n) is 10.7. The van der Waals surface area contributed by atoms with E-state index in [1.165, 1.54) is 38.8 Å². The molecule has 0 saturated heterocycles. The van der Waals surface area contributed by atoms with Gasteiger partial charge >= 0.3 is 0 Å². The second-order valence-corrected chi connectivity index (χ2v) is 10.7. The zero-order valence-corrected chi connectivity index (χ0v) is 22.4. The molecule has 0 aliphatic carbocycles. The molecule has 5 heteroatoms. The lowest BCUT2D eigenvalue weighted by Crippen LogP contribution is -2.59. The standard InChI is InChI=1S/C33H29BN4/c1-20-15-21(2)32(22(3)16-20)34-26-9-8-12-30-33(26)38(31-19-36-24(5)17-27(31)34)29-11-7-6-10-28(29)37(30)25-14-13-23(4)35-18-25/h6-19H,1-5H3. The fourth-order valence-electron chi connectivity index (χ4n) is 6.54. The third kappa shape index (κ3) is 3.24. The molecule has 184 valence electrons. The van der Waals surface area contributed by atoms with Gasteiger partial charge in [-0.2, -0.15) is 0 Å². The molecule has 0 atom stereocenters. The maximum atomic E-state index is 4.80. The molecular formula is C33H29BN4. The van der Waals surface area contributed by atoms with Crippen molar-refractivity contribution in [3.63, 3.8) is 0 Å². The average molecular weight is 492 g/mol. The first-order valence-electron chi connectivity index (χ1n) is 13.2. The summed E-state index contributed by atoms with van der Waals surface area (Å²) in [5.74, 6) is 0. The van der Waals surface area contributed by atoms with Gasteiger partial charge in [0.1, 0.15) is 0 Å². The summed E-state index contributed by atoms with van der Waals surface area (Å²) >= 11 is 0. The molecular weight excluding hydrogens is 463 g/mol. The van der Waals surface area contributed by atoms with Gasteiger partial charge < -0.3 is 9.80 Å². The first-order valence-corrected chi connectivity index (χ1v) is 13.2. The number of pyridine rings is 2. The lowest BCUT2D eigenvalue weighted by molar-refractivity contribution is 1.12. The normalized spacial score (nSPS) is 13.2. The summed E-state index contributed by atoms with van der Waals surface area (Å²) in [6.45, 7) is 10.9. The van der Waals surface area contributed by atoms with Crippen LogP contribution in [-0.2, 0) is 0 Å². The van der Waals surface area contributed by atoms with Crippen molar-refractivity contribution < 1.29 is 0 Å². The Hall–Kier alpha value is -4.38. The monoisotopic (exact) mass is 492 g/mol. The van der Waals surface area contributed by atoms with Crippen LogP contribution in [-0.4, -0.2) is 16.7 Å². The molecule has 0 unspecified atom stereocenters. The fourth-order valence-corrected chi connectivity index (χ4v) is 6.54. The minimum Gasteiger partial charge on any atom is -0.306 e. The van der Waals surface area contributed by atoms with Crippen molar-refractivity contribution in [3.05, 3.63) is 113 Å². The zero-order valence-electron chi connectivity index (χ0n) is 22.4. The Balaban J connectivity index is 1.58. The molecule has 38 heavy (non-hydrogen) atoms. The zero-order chi connectivity index (χ0) is 26.1. The average Bonchev–Trinajstić information content (AvgIpc) is 2.90. The number of rotatable bonds is 2. The van der Waals surface area contributed by atoms with E-state index >= 15 is 0 Å².